The molecule has 48 heavy (non-hydrogen) atoms. The number of anilines is 1. The molecule has 0 bridgehead atoms. The van der Waals surface area contributed by atoms with Crippen LogP contribution >= 0.6 is 0 Å². The van der Waals surface area contributed by atoms with E-state index in [1.807, 2.05) is 0 Å². The Labute approximate surface area is 272 Å². The molecule has 1 amide bonds. The Kier molecular flexibility index (Phi) is 12.0. The number of hydrogen-bond acceptors (Lipinski definition) is 10. The van der Waals surface area contributed by atoms with Crippen LogP contribution in [-0.2, 0) is 20.6 Å². The van der Waals surface area contributed by atoms with Crippen molar-refractivity contribution in [2.45, 2.75) is 25.1 Å². The van der Waals surface area contributed by atoms with Gasteiger partial charge in [0.05, 0.1) is 32.7 Å². The van der Waals surface area contributed by atoms with Crippen molar-refractivity contribution in [3.05, 3.63) is 93.6 Å². The van der Waals surface area contributed by atoms with Crippen LogP contribution in [0.25, 0.3) is 12.2 Å². The summed E-state index contributed by atoms with van der Waals surface area (Å²) in [6, 6.07) is 11.4. The van der Waals surface area contributed by atoms with Gasteiger partial charge in [-0.2, -0.15) is 13.2 Å². The van der Waals surface area contributed by atoms with Gasteiger partial charge in [-0.15, -0.1) is 0 Å². The van der Waals surface area contributed by atoms with Crippen molar-refractivity contribution in [3.63, 3.8) is 0 Å². The molecule has 0 spiro atoms. The summed E-state index contributed by atoms with van der Waals surface area (Å²) in [5.74, 6) is -0.782. The van der Waals surface area contributed by atoms with Crippen LogP contribution < -0.4 is 24.3 Å². The van der Waals surface area contributed by atoms with E-state index in [0.717, 1.165) is 13.0 Å². The molecule has 2 N–H and O–H groups in total. The van der Waals surface area contributed by atoms with Gasteiger partial charge in [0.25, 0.3) is 11.6 Å². The number of nitrogens with zero attached hydrogens (tertiary/aromatic N) is 1. The molecule has 0 aliphatic carbocycles. The summed E-state index contributed by atoms with van der Waals surface area (Å²) in [5, 5.41) is 23.7. The number of amides is 1. The van der Waals surface area contributed by atoms with Gasteiger partial charge in [0.2, 0.25) is 0 Å². The monoisotopic (exact) mass is 672 g/mol. The number of allylic oxidation sites excluding steroid dienone is 2. The maximum Gasteiger partial charge on any atom is 0.423 e. The molecule has 3 rings (SSSR count). The molecule has 0 saturated carbocycles. The molecule has 12 nitrogen and oxygen atoms in total. The molecule has 0 radical (unpaired) electrons. The molecule has 0 aliphatic rings. The Morgan fingerprint density at radius 3 is 1.85 bits per heavy atom. The van der Waals surface area contributed by atoms with Crippen molar-refractivity contribution in [3.8, 4) is 23.0 Å². The number of halogens is 3. The highest BCUT2D eigenvalue weighted by Crippen LogP contribution is 2.38. The number of nitro groups is 1. The fourth-order valence-electron chi connectivity index (χ4n) is 4.08. The SMILES string of the molecule is COc1ccc(/C=C/C(=O)CC(=O)/C=C/c2ccc(OCC(C)(O)C(=O)Nc3ccc([N+](=O)[O-])c(C(F)(F)F)c3)c(OC)c2)cc1OC. The number of methoxy groups -OCH3 is 3. The molecule has 1 atom stereocenters. The van der Waals surface area contributed by atoms with Crippen LogP contribution in [0.15, 0.2) is 66.7 Å². The highest BCUT2D eigenvalue weighted by Gasteiger charge is 2.39. The third-order valence-corrected chi connectivity index (χ3v) is 6.62. The average molecular weight is 673 g/mol. The minimum absolute atomic E-state index is 0.0826. The molecule has 3 aromatic rings. The van der Waals surface area contributed by atoms with Crippen molar-refractivity contribution in [2.24, 2.45) is 0 Å². The number of carbonyl (C=O) groups is 3. The van der Waals surface area contributed by atoms with Crippen LogP contribution in [0.2, 0.25) is 0 Å². The maximum atomic E-state index is 13.3. The predicted molar refractivity (Wildman–Crippen MR) is 168 cm³/mol. The first-order valence-corrected chi connectivity index (χ1v) is 13.9. The Bertz CT molecular complexity index is 1750. The van der Waals surface area contributed by atoms with E-state index in [-0.39, 0.29) is 17.9 Å². The summed E-state index contributed by atoms with van der Waals surface area (Å²) in [5.41, 5.74) is -4.31. The zero-order valence-electron chi connectivity index (χ0n) is 26.1. The summed E-state index contributed by atoms with van der Waals surface area (Å²) in [6.07, 6.45) is 0.0436. The predicted octanol–water partition coefficient (Wildman–Crippen LogP) is 5.66. The van der Waals surface area contributed by atoms with E-state index in [1.54, 1.807) is 24.3 Å². The van der Waals surface area contributed by atoms with Crippen LogP contribution in [0, 0.1) is 10.1 Å². The van der Waals surface area contributed by atoms with Gasteiger partial charge in [0.15, 0.2) is 40.2 Å². The Hall–Kier alpha value is -5.70. The van der Waals surface area contributed by atoms with E-state index < -0.39 is 57.7 Å². The lowest BCUT2D eigenvalue weighted by molar-refractivity contribution is -0.388. The molecular weight excluding hydrogens is 641 g/mol. The Balaban J connectivity index is 1.61. The minimum Gasteiger partial charge on any atom is -0.493 e. The molecule has 254 valence electrons. The summed E-state index contributed by atoms with van der Waals surface area (Å²) < 4.78 is 61.1. The lowest BCUT2D eigenvalue weighted by Crippen LogP contribution is -2.45. The number of alkyl halides is 3. The quantitative estimate of drug-likeness (QED) is 0.0891. The average Bonchev–Trinajstić information content (AvgIpc) is 3.04. The molecule has 0 fully saturated rings. The Morgan fingerprint density at radius 2 is 1.35 bits per heavy atom. The van der Waals surface area contributed by atoms with Crippen molar-refractivity contribution in [1.29, 1.82) is 0 Å². The van der Waals surface area contributed by atoms with E-state index in [2.05, 4.69) is 5.32 Å². The van der Waals surface area contributed by atoms with Crippen LogP contribution in [0.5, 0.6) is 23.0 Å². The largest absolute Gasteiger partial charge is 0.493 e. The molecule has 0 aliphatic heterocycles. The van der Waals surface area contributed by atoms with Gasteiger partial charge < -0.3 is 29.4 Å². The molecular formula is C33H31F3N2O10. The number of nitrogens with one attached hydrogen (secondary N) is 1. The minimum atomic E-state index is -5.07. The van der Waals surface area contributed by atoms with Crippen LogP contribution in [-0.4, -0.2) is 61.0 Å². The number of benzene rings is 3. The van der Waals surface area contributed by atoms with Crippen molar-refractivity contribution in [2.75, 3.05) is 33.3 Å². The van der Waals surface area contributed by atoms with E-state index >= 15 is 0 Å². The highest BCUT2D eigenvalue weighted by molar-refractivity contribution is 6.10. The lowest BCUT2D eigenvalue weighted by atomic mass is 10.1. The van der Waals surface area contributed by atoms with Gasteiger partial charge >= 0.3 is 6.18 Å². The molecule has 1 unspecified atom stereocenters. The summed E-state index contributed by atoms with van der Waals surface area (Å²) in [4.78, 5) is 47.1. The smallest absolute Gasteiger partial charge is 0.423 e. The van der Waals surface area contributed by atoms with Crippen molar-refractivity contribution < 1.29 is 56.5 Å². The zero-order valence-corrected chi connectivity index (χ0v) is 26.1. The second-order valence-corrected chi connectivity index (χ2v) is 10.3. The zero-order chi connectivity index (χ0) is 35.6. The second kappa shape index (κ2) is 15.7. The first-order chi connectivity index (χ1) is 22.6. The van der Waals surface area contributed by atoms with E-state index in [1.165, 1.54) is 57.8 Å². The fourth-order valence-corrected chi connectivity index (χ4v) is 4.08. The van der Waals surface area contributed by atoms with Gasteiger partial charge in [-0.1, -0.05) is 24.3 Å². The van der Waals surface area contributed by atoms with Gasteiger partial charge in [-0.05, 0) is 66.6 Å². The molecule has 0 saturated heterocycles. The summed E-state index contributed by atoms with van der Waals surface area (Å²) in [6.45, 7) is 0.388. The Morgan fingerprint density at radius 1 is 0.833 bits per heavy atom. The third-order valence-electron chi connectivity index (χ3n) is 6.62. The van der Waals surface area contributed by atoms with E-state index in [4.69, 9.17) is 18.9 Å². The standard InChI is InChI=1S/C33H31F3N2O10/c1-32(42,31(41)37-22-9-12-26(38(43)44)25(17-22)33(34,35)36)19-48-28-14-8-21(16-30(28)47-4)6-11-24(40)18-23(39)10-5-20-7-13-27(45-2)29(15-20)46-3/h5-17,42H,18-19H2,1-4H3,(H,37,41)/b10-5+,11-6+. The molecule has 0 heterocycles. The fraction of sp³-hybridized carbons (Fsp3) is 0.242. The molecule has 3 aromatic carbocycles. The van der Waals surface area contributed by atoms with Crippen LogP contribution in [0.3, 0.4) is 0 Å². The highest BCUT2D eigenvalue weighted by atomic mass is 19.4. The number of ketones is 2. The second-order valence-electron chi connectivity index (χ2n) is 10.3. The number of rotatable bonds is 15. The number of hydrogen-bond donors (Lipinski definition) is 2. The van der Waals surface area contributed by atoms with Gasteiger partial charge in [0.1, 0.15) is 12.2 Å². The number of ether oxygens (including phenoxy) is 4. The molecule has 0 aromatic heterocycles. The maximum absolute atomic E-state index is 13.3. The number of nitro benzene ring substituents is 1. The topological polar surface area (TPSA) is 164 Å². The van der Waals surface area contributed by atoms with Crippen molar-refractivity contribution in [1.82, 2.24) is 0 Å². The van der Waals surface area contributed by atoms with Crippen molar-refractivity contribution >= 4 is 41.0 Å². The van der Waals surface area contributed by atoms with Gasteiger partial charge in [-0.25, -0.2) is 0 Å². The number of carbonyl (C=O) groups excluding carboxylic acids is 3. The van der Waals surface area contributed by atoms with Crippen LogP contribution in [0.1, 0.15) is 30.0 Å². The van der Waals surface area contributed by atoms with E-state index in [0.29, 0.717) is 34.8 Å². The number of aliphatic hydroxyl groups is 1. The first kappa shape index (κ1) is 36.8. The van der Waals surface area contributed by atoms with Crippen LogP contribution in [0.4, 0.5) is 24.5 Å². The lowest BCUT2D eigenvalue weighted by Gasteiger charge is -2.23. The normalized spacial score (nSPS) is 12.8. The molecule has 15 heteroatoms. The third kappa shape index (κ3) is 9.90. The summed E-state index contributed by atoms with van der Waals surface area (Å²) >= 11 is 0. The van der Waals surface area contributed by atoms with Gasteiger partial charge in [-0.3, -0.25) is 24.5 Å². The summed E-state index contributed by atoms with van der Waals surface area (Å²) in [7, 11) is 4.31. The first-order valence-electron chi connectivity index (χ1n) is 13.9. The van der Waals surface area contributed by atoms with E-state index in [9.17, 15) is 42.8 Å². The van der Waals surface area contributed by atoms with Gasteiger partial charge in [0, 0.05) is 11.8 Å².